The van der Waals surface area contributed by atoms with Crippen molar-refractivity contribution in [2.45, 2.75) is 18.7 Å². The van der Waals surface area contributed by atoms with Gasteiger partial charge in [-0.25, -0.2) is 8.42 Å². The highest BCUT2D eigenvalue weighted by atomic mass is 32.2. The third-order valence-electron chi connectivity index (χ3n) is 4.60. The molecular formula is C15H22N2O5S2. The number of methoxy groups -OCH3 is 1. The fourth-order valence-electron chi connectivity index (χ4n) is 3.54. The molecule has 7 nitrogen and oxygen atoms in total. The van der Waals surface area contributed by atoms with Crippen LogP contribution in [-0.4, -0.2) is 86.2 Å². The summed E-state index contributed by atoms with van der Waals surface area (Å²) in [7, 11) is -1.56. The van der Waals surface area contributed by atoms with Crippen LogP contribution in [0.5, 0.6) is 0 Å². The Balaban J connectivity index is 1.81. The molecule has 1 aromatic heterocycles. The molecule has 2 fully saturated rings. The van der Waals surface area contributed by atoms with E-state index in [1.165, 1.54) is 11.3 Å². The third kappa shape index (κ3) is 3.50. The average molecular weight is 374 g/mol. The molecule has 0 aliphatic carbocycles. The lowest BCUT2D eigenvalue weighted by Crippen LogP contribution is -2.60. The van der Waals surface area contributed by atoms with Crippen molar-refractivity contribution in [3.8, 4) is 0 Å². The second-order valence-electron chi connectivity index (χ2n) is 6.17. The molecule has 0 bridgehead atoms. The first-order valence-electron chi connectivity index (χ1n) is 7.89. The summed E-state index contributed by atoms with van der Waals surface area (Å²) in [5.74, 6) is -0.0549. The lowest BCUT2D eigenvalue weighted by Gasteiger charge is -2.43. The standard InChI is InChI=1S/C15H22N2O5S2/c1-22-8-11-2-3-14(23-11)15(19)17-5-4-16(6-7-18)12-9-24(20,21)10-13(12)17/h2-3,12-13,18H,4-10H2,1H3. The van der Waals surface area contributed by atoms with Gasteiger partial charge in [-0.05, 0) is 12.1 Å². The van der Waals surface area contributed by atoms with Gasteiger partial charge in [-0.15, -0.1) is 11.3 Å². The van der Waals surface area contributed by atoms with E-state index in [9.17, 15) is 18.3 Å². The molecule has 0 saturated carbocycles. The van der Waals surface area contributed by atoms with Crippen molar-refractivity contribution in [2.24, 2.45) is 0 Å². The minimum atomic E-state index is -3.17. The number of fused-ring (bicyclic) bond motifs is 1. The lowest BCUT2D eigenvalue weighted by molar-refractivity contribution is 0.0285. The number of piperazine rings is 1. The molecule has 1 N–H and O–H groups in total. The van der Waals surface area contributed by atoms with Crippen LogP contribution in [0.25, 0.3) is 0 Å². The molecule has 0 spiro atoms. The van der Waals surface area contributed by atoms with Crippen molar-refractivity contribution < 1.29 is 23.1 Å². The number of carbonyl (C=O) groups excluding carboxylic acids is 1. The molecule has 2 saturated heterocycles. The van der Waals surface area contributed by atoms with Gasteiger partial charge in [0.2, 0.25) is 0 Å². The molecule has 3 heterocycles. The number of rotatable bonds is 5. The molecule has 3 rings (SSSR count). The van der Waals surface area contributed by atoms with Gasteiger partial charge in [0.1, 0.15) is 0 Å². The number of β-amino-alcohol motifs (C(OH)–C–C–N with tert-alkyl or cyclic N) is 1. The highest BCUT2D eigenvalue weighted by Gasteiger charge is 2.48. The van der Waals surface area contributed by atoms with E-state index < -0.39 is 9.84 Å². The van der Waals surface area contributed by atoms with Crippen LogP contribution in [0.15, 0.2) is 12.1 Å². The molecule has 24 heavy (non-hydrogen) atoms. The van der Waals surface area contributed by atoms with Gasteiger partial charge >= 0.3 is 0 Å². The maximum Gasteiger partial charge on any atom is 0.264 e. The summed E-state index contributed by atoms with van der Waals surface area (Å²) in [4.78, 5) is 18.1. The van der Waals surface area contributed by atoms with Crippen molar-refractivity contribution >= 4 is 27.1 Å². The van der Waals surface area contributed by atoms with Crippen LogP contribution in [-0.2, 0) is 21.2 Å². The summed E-state index contributed by atoms with van der Waals surface area (Å²) in [6, 6.07) is 3.08. The fraction of sp³-hybridized carbons (Fsp3) is 0.667. The van der Waals surface area contributed by atoms with Crippen LogP contribution in [0.4, 0.5) is 0 Å². The smallest absolute Gasteiger partial charge is 0.264 e. The number of nitrogens with zero attached hydrogens (tertiary/aromatic N) is 2. The van der Waals surface area contributed by atoms with Crippen LogP contribution in [0.1, 0.15) is 14.5 Å². The number of aliphatic hydroxyl groups is 1. The number of hydrogen-bond acceptors (Lipinski definition) is 7. The van der Waals surface area contributed by atoms with Crippen molar-refractivity contribution in [1.82, 2.24) is 9.80 Å². The Kier molecular flexibility index (Phi) is 5.26. The number of aliphatic hydroxyl groups excluding tert-OH is 1. The zero-order valence-electron chi connectivity index (χ0n) is 13.6. The molecular weight excluding hydrogens is 352 g/mol. The predicted molar refractivity (Wildman–Crippen MR) is 91.0 cm³/mol. The summed E-state index contributed by atoms with van der Waals surface area (Å²) in [5, 5.41) is 9.19. The topological polar surface area (TPSA) is 87.2 Å². The van der Waals surface area contributed by atoms with Crippen molar-refractivity contribution in [1.29, 1.82) is 0 Å². The second kappa shape index (κ2) is 7.09. The highest BCUT2D eigenvalue weighted by molar-refractivity contribution is 7.91. The fourth-order valence-corrected chi connectivity index (χ4v) is 6.49. The quantitative estimate of drug-likeness (QED) is 0.769. The van der Waals surface area contributed by atoms with Crippen LogP contribution in [0.3, 0.4) is 0 Å². The molecule has 1 aromatic rings. The van der Waals surface area contributed by atoms with Gasteiger partial charge in [0.25, 0.3) is 5.91 Å². The summed E-state index contributed by atoms with van der Waals surface area (Å²) >= 11 is 1.39. The van der Waals surface area contributed by atoms with E-state index in [1.807, 2.05) is 11.0 Å². The monoisotopic (exact) mass is 374 g/mol. The molecule has 2 aliphatic heterocycles. The van der Waals surface area contributed by atoms with Gasteiger partial charge < -0.3 is 14.7 Å². The number of amides is 1. The van der Waals surface area contributed by atoms with E-state index >= 15 is 0 Å². The second-order valence-corrected chi connectivity index (χ2v) is 9.49. The van der Waals surface area contributed by atoms with Crippen LogP contribution in [0, 0.1) is 0 Å². The lowest BCUT2D eigenvalue weighted by atomic mass is 10.0. The Bertz CT molecular complexity index is 702. The average Bonchev–Trinajstić information content (AvgIpc) is 3.11. The summed E-state index contributed by atoms with van der Waals surface area (Å²) < 4.78 is 29.3. The van der Waals surface area contributed by atoms with Crippen molar-refractivity contribution in [3.05, 3.63) is 21.9 Å². The number of ether oxygens (including phenoxy) is 1. The summed E-state index contributed by atoms with van der Waals surface area (Å²) in [5.41, 5.74) is 0. The van der Waals surface area contributed by atoms with Crippen molar-refractivity contribution in [3.63, 3.8) is 0 Å². The van der Waals surface area contributed by atoms with E-state index in [4.69, 9.17) is 4.74 Å². The SMILES string of the molecule is COCc1ccc(C(=O)N2CCN(CCO)C3CS(=O)(=O)CC32)s1. The minimum absolute atomic E-state index is 0.00163. The Morgan fingerprint density at radius 1 is 1.33 bits per heavy atom. The number of hydrogen-bond donors (Lipinski definition) is 1. The highest BCUT2D eigenvalue weighted by Crippen LogP contribution is 2.29. The van der Waals surface area contributed by atoms with E-state index in [0.29, 0.717) is 31.1 Å². The first kappa shape index (κ1) is 17.8. The number of sulfone groups is 1. The van der Waals surface area contributed by atoms with Crippen LogP contribution >= 0.6 is 11.3 Å². The Morgan fingerprint density at radius 2 is 2.08 bits per heavy atom. The van der Waals surface area contributed by atoms with E-state index in [-0.39, 0.29) is 36.1 Å². The molecule has 2 atom stereocenters. The van der Waals surface area contributed by atoms with E-state index in [0.717, 1.165) is 4.88 Å². The minimum Gasteiger partial charge on any atom is -0.395 e. The van der Waals surface area contributed by atoms with Gasteiger partial charge in [0.05, 0.1) is 35.6 Å². The molecule has 0 aromatic carbocycles. The molecule has 1 amide bonds. The normalized spacial score (nSPS) is 26.5. The molecule has 134 valence electrons. The largest absolute Gasteiger partial charge is 0.395 e. The predicted octanol–water partition coefficient (Wildman–Crippen LogP) is -0.190. The molecule has 2 unspecified atom stereocenters. The van der Waals surface area contributed by atoms with Gasteiger partial charge in [-0.2, -0.15) is 0 Å². The number of thiophene rings is 1. The summed E-state index contributed by atoms with van der Waals surface area (Å²) in [6.45, 7) is 1.95. The molecule has 2 aliphatic rings. The first-order chi connectivity index (χ1) is 11.4. The maximum absolute atomic E-state index is 12.9. The van der Waals surface area contributed by atoms with Crippen molar-refractivity contribution in [2.75, 3.05) is 44.9 Å². The van der Waals surface area contributed by atoms with E-state index in [2.05, 4.69) is 0 Å². The zero-order valence-corrected chi connectivity index (χ0v) is 15.2. The van der Waals surface area contributed by atoms with Gasteiger partial charge in [0, 0.05) is 37.7 Å². The Hall–Kier alpha value is -1.00. The van der Waals surface area contributed by atoms with Crippen LogP contribution < -0.4 is 0 Å². The summed E-state index contributed by atoms with van der Waals surface area (Å²) in [6.07, 6.45) is 0. The first-order valence-corrected chi connectivity index (χ1v) is 10.5. The molecule has 9 heteroatoms. The van der Waals surface area contributed by atoms with E-state index in [1.54, 1.807) is 18.1 Å². The maximum atomic E-state index is 12.9. The zero-order chi connectivity index (χ0) is 17.3. The van der Waals surface area contributed by atoms with Gasteiger partial charge in [0.15, 0.2) is 9.84 Å². The number of carbonyl (C=O) groups is 1. The molecule has 0 radical (unpaired) electrons. The Labute approximate surface area is 145 Å². The van der Waals surface area contributed by atoms with Crippen LogP contribution in [0.2, 0.25) is 0 Å². The van der Waals surface area contributed by atoms with Gasteiger partial charge in [-0.3, -0.25) is 9.69 Å². The Morgan fingerprint density at radius 3 is 2.79 bits per heavy atom. The third-order valence-corrected chi connectivity index (χ3v) is 7.34. The van der Waals surface area contributed by atoms with Gasteiger partial charge in [-0.1, -0.05) is 0 Å².